The van der Waals surface area contributed by atoms with Crippen LogP contribution >= 0.6 is 0 Å². The molecule has 2 saturated heterocycles. The second kappa shape index (κ2) is 5.20. The van der Waals surface area contributed by atoms with Gasteiger partial charge in [0.2, 0.25) is 0 Å². The topological polar surface area (TPSA) is 32.8 Å². The van der Waals surface area contributed by atoms with Crippen molar-refractivity contribution in [2.24, 2.45) is 5.41 Å². The predicted molar refractivity (Wildman–Crippen MR) is 99.0 cm³/mol. The van der Waals surface area contributed by atoms with Gasteiger partial charge >= 0.3 is 6.09 Å². The van der Waals surface area contributed by atoms with Crippen LogP contribution in [0.15, 0.2) is 54.6 Å². The molecule has 2 aliphatic heterocycles. The molecule has 3 aromatic rings. The molecule has 25 heavy (non-hydrogen) atoms. The molecule has 126 valence electrons. The van der Waals surface area contributed by atoms with Gasteiger partial charge in [0.05, 0.1) is 0 Å². The van der Waals surface area contributed by atoms with E-state index in [1.807, 2.05) is 30.3 Å². The molecule has 3 aromatic carbocycles. The van der Waals surface area contributed by atoms with Crippen molar-refractivity contribution in [2.45, 2.75) is 0 Å². The molecule has 2 heterocycles. The van der Waals surface area contributed by atoms with Gasteiger partial charge in [0.25, 0.3) is 0 Å². The highest BCUT2D eigenvalue weighted by molar-refractivity contribution is 6.07. The number of hydrogen-bond acceptors (Lipinski definition) is 3. The number of hydrogen-bond donors (Lipinski definition) is 0. The zero-order valence-electron chi connectivity index (χ0n) is 14.2. The minimum atomic E-state index is -0.236. The first-order valence-corrected chi connectivity index (χ1v) is 8.69. The van der Waals surface area contributed by atoms with Gasteiger partial charge in [-0.15, -0.1) is 0 Å². The summed E-state index contributed by atoms with van der Waals surface area (Å²) in [6.07, 6.45) is -0.236. The summed E-state index contributed by atoms with van der Waals surface area (Å²) in [5.41, 5.74) is 0.327. The number of carbonyl (C=O) groups is 1. The Kier molecular flexibility index (Phi) is 3.06. The van der Waals surface area contributed by atoms with Gasteiger partial charge in [0.15, 0.2) is 0 Å². The van der Waals surface area contributed by atoms with E-state index in [4.69, 9.17) is 4.74 Å². The Bertz CT molecular complexity index is 984. The van der Waals surface area contributed by atoms with E-state index < -0.39 is 0 Å². The maximum Gasteiger partial charge on any atom is 0.415 e. The molecule has 0 saturated carbocycles. The van der Waals surface area contributed by atoms with Gasteiger partial charge < -0.3 is 14.5 Å². The fraction of sp³-hybridized carbons (Fsp3) is 0.286. The smallest absolute Gasteiger partial charge is 0.410 e. The molecule has 2 aliphatic rings. The van der Waals surface area contributed by atoms with Gasteiger partial charge in [-0.2, -0.15) is 0 Å². The molecular weight excluding hydrogens is 312 g/mol. The summed E-state index contributed by atoms with van der Waals surface area (Å²) in [5, 5.41) is 4.64. The average molecular weight is 332 g/mol. The Hall–Kier alpha value is -2.59. The summed E-state index contributed by atoms with van der Waals surface area (Å²) >= 11 is 0. The number of amides is 1. The number of benzene rings is 3. The van der Waals surface area contributed by atoms with Crippen LogP contribution in [0.1, 0.15) is 0 Å². The van der Waals surface area contributed by atoms with Gasteiger partial charge in [-0.3, -0.25) is 0 Å². The number of carbonyl (C=O) groups excluding carboxylic acids is 1. The Balaban J connectivity index is 1.38. The highest BCUT2D eigenvalue weighted by Gasteiger charge is 2.52. The van der Waals surface area contributed by atoms with Gasteiger partial charge in [-0.25, -0.2) is 4.79 Å². The van der Waals surface area contributed by atoms with E-state index in [-0.39, 0.29) is 6.09 Å². The summed E-state index contributed by atoms with van der Waals surface area (Å²) in [6, 6.07) is 18.4. The van der Waals surface area contributed by atoms with Gasteiger partial charge in [-0.05, 0) is 40.7 Å². The van der Waals surface area contributed by atoms with Crippen LogP contribution in [-0.4, -0.2) is 49.1 Å². The number of nitrogens with zero attached hydrogens (tertiary/aromatic N) is 2. The molecular formula is C21H20N2O2. The third-order valence-corrected chi connectivity index (χ3v) is 5.44. The van der Waals surface area contributed by atoms with Crippen LogP contribution in [0.25, 0.3) is 21.5 Å². The normalized spacial score (nSPS) is 19.0. The highest BCUT2D eigenvalue weighted by Crippen LogP contribution is 2.39. The molecule has 4 nitrogen and oxygen atoms in total. The van der Waals surface area contributed by atoms with E-state index in [1.165, 1.54) is 10.8 Å². The Labute approximate surface area is 146 Å². The van der Waals surface area contributed by atoms with Crippen molar-refractivity contribution in [1.82, 2.24) is 9.80 Å². The molecule has 0 radical (unpaired) electrons. The molecule has 5 rings (SSSR count). The average Bonchev–Trinajstić information content (AvgIpc) is 2.56. The van der Waals surface area contributed by atoms with E-state index >= 15 is 0 Å². The van der Waals surface area contributed by atoms with E-state index in [1.54, 1.807) is 4.90 Å². The van der Waals surface area contributed by atoms with Gasteiger partial charge in [0.1, 0.15) is 5.75 Å². The Morgan fingerprint density at radius 2 is 1.60 bits per heavy atom. The second-order valence-corrected chi connectivity index (χ2v) is 7.57. The fourth-order valence-electron chi connectivity index (χ4n) is 4.40. The molecule has 2 fully saturated rings. The number of likely N-dealkylation sites (tertiary alicyclic amines) is 2. The zero-order chi connectivity index (χ0) is 17.0. The number of ether oxygens (including phenoxy) is 1. The third-order valence-electron chi connectivity index (χ3n) is 5.44. The van der Waals surface area contributed by atoms with Crippen molar-refractivity contribution in [3.8, 4) is 5.75 Å². The lowest BCUT2D eigenvalue weighted by molar-refractivity contribution is -0.0891. The summed E-state index contributed by atoms with van der Waals surface area (Å²) < 4.78 is 5.64. The van der Waals surface area contributed by atoms with Crippen LogP contribution < -0.4 is 4.74 Å². The first-order valence-electron chi connectivity index (χ1n) is 8.69. The maximum atomic E-state index is 12.4. The summed E-state index contributed by atoms with van der Waals surface area (Å²) in [5.74, 6) is 0.612. The van der Waals surface area contributed by atoms with Crippen molar-refractivity contribution in [2.75, 3.05) is 33.2 Å². The molecule has 1 amide bonds. The van der Waals surface area contributed by atoms with Gasteiger partial charge in [-0.1, -0.05) is 42.5 Å². The van der Waals surface area contributed by atoms with E-state index in [2.05, 4.69) is 36.2 Å². The van der Waals surface area contributed by atoms with Crippen LogP contribution in [-0.2, 0) is 0 Å². The van der Waals surface area contributed by atoms with Crippen molar-refractivity contribution in [3.05, 3.63) is 54.6 Å². The van der Waals surface area contributed by atoms with Crippen LogP contribution in [0.5, 0.6) is 5.75 Å². The maximum absolute atomic E-state index is 12.4. The monoisotopic (exact) mass is 332 g/mol. The van der Waals surface area contributed by atoms with Crippen molar-refractivity contribution in [3.63, 3.8) is 0 Å². The molecule has 0 N–H and O–H groups in total. The lowest BCUT2D eigenvalue weighted by Gasteiger charge is -2.58. The molecule has 0 unspecified atom stereocenters. The Morgan fingerprint density at radius 3 is 2.36 bits per heavy atom. The van der Waals surface area contributed by atoms with Crippen LogP contribution in [0.4, 0.5) is 4.79 Å². The molecule has 0 aliphatic carbocycles. The minimum Gasteiger partial charge on any atom is -0.410 e. The fourth-order valence-corrected chi connectivity index (χ4v) is 4.40. The molecule has 0 atom stereocenters. The molecule has 4 heteroatoms. The number of rotatable bonds is 1. The van der Waals surface area contributed by atoms with E-state index in [9.17, 15) is 4.79 Å². The second-order valence-electron chi connectivity index (χ2n) is 7.57. The lowest BCUT2D eigenvalue weighted by Crippen LogP contribution is -2.72. The molecule has 1 spiro atoms. The quantitative estimate of drug-likeness (QED) is 0.637. The van der Waals surface area contributed by atoms with Crippen molar-refractivity contribution < 1.29 is 9.53 Å². The SMILES string of the molecule is CN1CC2(C1)CN(C(=O)Oc1ccc3ccc4ccccc4c3c1)C2. The molecule has 0 bridgehead atoms. The summed E-state index contributed by atoms with van der Waals surface area (Å²) in [7, 11) is 2.12. The van der Waals surface area contributed by atoms with Gasteiger partial charge in [0, 0.05) is 31.6 Å². The zero-order valence-corrected chi connectivity index (χ0v) is 14.2. The Morgan fingerprint density at radius 1 is 0.920 bits per heavy atom. The van der Waals surface area contributed by atoms with Crippen molar-refractivity contribution in [1.29, 1.82) is 0 Å². The van der Waals surface area contributed by atoms with Crippen molar-refractivity contribution >= 4 is 27.6 Å². The lowest BCUT2D eigenvalue weighted by atomic mass is 9.73. The predicted octanol–water partition coefficient (Wildman–Crippen LogP) is 3.74. The van der Waals surface area contributed by atoms with E-state index in [0.29, 0.717) is 11.2 Å². The van der Waals surface area contributed by atoms with Crippen LogP contribution in [0, 0.1) is 5.41 Å². The highest BCUT2D eigenvalue weighted by atomic mass is 16.6. The third kappa shape index (κ3) is 2.36. The summed E-state index contributed by atoms with van der Waals surface area (Å²) in [6.45, 7) is 3.79. The van der Waals surface area contributed by atoms with E-state index in [0.717, 1.165) is 37.0 Å². The summed E-state index contributed by atoms with van der Waals surface area (Å²) in [4.78, 5) is 16.5. The van der Waals surface area contributed by atoms with Crippen LogP contribution in [0.2, 0.25) is 0 Å². The number of fused-ring (bicyclic) bond motifs is 3. The first-order chi connectivity index (χ1) is 12.1. The van der Waals surface area contributed by atoms with Crippen LogP contribution in [0.3, 0.4) is 0 Å². The first kappa shape index (κ1) is 14.7. The standard InChI is InChI=1S/C21H20N2O2/c1-22-11-21(12-22)13-23(14-21)20(24)25-17-9-8-16-7-6-15-4-2-3-5-18(15)19(16)10-17/h2-10H,11-14H2,1H3. The molecule has 0 aromatic heterocycles. The minimum absolute atomic E-state index is 0.236. The largest absolute Gasteiger partial charge is 0.415 e.